The summed E-state index contributed by atoms with van der Waals surface area (Å²) in [5.74, 6) is 1.55. The molecule has 0 atom stereocenters. The van der Waals surface area contributed by atoms with E-state index in [1.54, 1.807) is 24.9 Å². The number of methoxy groups -OCH3 is 1. The van der Waals surface area contributed by atoms with Gasteiger partial charge in [0.25, 0.3) is 0 Å². The molecule has 0 aliphatic heterocycles. The molecule has 1 saturated carbocycles. The molecule has 4 heteroatoms. The van der Waals surface area contributed by atoms with Crippen LogP contribution in [0.15, 0.2) is 47.4 Å². The maximum atomic E-state index is 13.3. The smallest absolute Gasteiger partial charge is 0.165 e. The molecule has 2 nitrogen and oxygen atoms in total. The molecule has 22 heavy (non-hydrogen) atoms. The van der Waals surface area contributed by atoms with E-state index in [2.05, 4.69) is 0 Å². The van der Waals surface area contributed by atoms with Crippen molar-refractivity contribution >= 4 is 17.5 Å². The van der Waals surface area contributed by atoms with Crippen molar-refractivity contribution in [3.8, 4) is 5.75 Å². The summed E-state index contributed by atoms with van der Waals surface area (Å²) in [5.41, 5.74) is 1.61. The van der Waals surface area contributed by atoms with E-state index >= 15 is 0 Å². The number of rotatable bonds is 6. The number of hydrogen-bond donors (Lipinski definition) is 0. The van der Waals surface area contributed by atoms with Gasteiger partial charge in [0.15, 0.2) is 5.78 Å². The SMILES string of the molecule is COc1ccc(F)cc1CSc1ccc(C(=O)C2CC2)cc1. The lowest BCUT2D eigenvalue weighted by atomic mass is 10.1. The predicted octanol–water partition coefficient (Wildman–Crippen LogP) is 4.72. The maximum Gasteiger partial charge on any atom is 0.165 e. The second kappa shape index (κ2) is 6.53. The number of halogens is 1. The minimum Gasteiger partial charge on any atom is -0.496 e. The lowest BCUT2D eigenvalue weighted by molar-refractivity contribution is 0.0967. The molecule has 0 saturated heterocycles. The normalized spacial score (nSPS) is 13.9. The zero-order valence-electron chi connectivity index (χ0n) is 12.3. The van der Waals surface area contributed by atoms with Crippen LogP contribution in [0, 0.1) is 11.7 Å². The first-order chi connectivity index (χ1) is 10.7. The summed E-state index contributed by atoms with van der Waals surface area (Å²) in [5, 5.41) is 0. The van der Waals surface area contributed by atoms with Gasteiger partial charge in [0.2, 0.25) is 0 Å². The summed E-state index contributed by atoms with van der Waals surface area (Å²) in [7, 11) is 1.58. The molecule has 1 aliphatic carbocycles. The van der Waals surface area contributed by atoms with Crippen LogP contribution in [0.5, 0.6) is 5.75 Å². The van der Waals surface area contributed by atoms with Crippen molar-refractivity contribution in [3.05, 3.63) is 59.4 Å². The predicted molar refractivity (Wildman–Crippen MR) is 86.0 cm³/mol. The number of ether oxygens (including phenoxy) is 1. The number of carbonyl (C=O) groups excluding carboxylic acids is 1. The van der Waals surface area contributed by atoms with Gasteiger partial charge in [0.05, 0.1) is 7.11 Å². The van der Waals surface area contributed by atoms with Crippen molar-refractivity contribution < 1.29 is 13.9 Å². The van der Waals surface area contributed by atoms with Gasteiger partial charge in [-0.25, -0.2) is 4.39 Å². The van der Waals surface area contributed by atoms with Crippen molar-refractivity contribution in [2.75, 3.05) is 7.11 Å². The van der Waals surface area contributed by atoms with Crippen LogP contribution in [0.1, 0.15) is 28.8 Å². The average molecular weight is 316 g/mol. The molecule has 2 aromatic rings. The Hall–Kier alpha value is -1.81. The average Bonchev–Trinajstić information content (AvgIpc) is 3.38. The van der Waals surface area contributed by atoms with Gasteiger partial charge >= 0.3 is 0 Å². The lowest BCUT2D eigenvalue weighted by Gasteiger charge is -2.08. The molecule has 2 aromatic carbocycles. The molecule has 0 spiro atoms. The van der Waals surface area contributed by atoms with Crippen molar-refractivity contribution in [1.29, 1.82) is 0 Å². The second-order valence-electron chi connectivity index (χ2n) is 5.41. The molecule has 0 radical (unpaired) electrons. The van der Waals surface area contributed by atoms with Crippen LogP contribution in [0.2, 0.25) is 0 Å². The Balaban J connectivity index is 1.66. The highest BCUT2D eigenvalue weighted by molar-refractivity contribution is 7.98. The van der Waals surface area contributed by atoms with E-state index in [0.29, 0.717) is 11.5 Å². The number of carbonyl (C=O) groups is 1. The number of ketones is 1. The molecule has 0 N–H and O–H groups in total. The Kier molecular flexibility index (Phi) is 4.48. The fourth-order valence-electron chi connectivity index (χ4n) is 2.32. The van der Waals surface area contributed by atoms with Gasteiger partial charge in [-0.1, -0.05) is 12.1 Å². The highest BCUT2D eigenvalue weighted by Gasteiger charge is 2.30. The third-order valence-electron chi connectivity index (χ3n) is 3.72. The van der Waals surface area contributed by atoms with Gasteiger partial charge in [-0.05, 0) is 43.2 Å². The Labute approximate surface area is 133 Å². The van der Waals surface area contributed by atoms with E-state index in [-0.39, 0.29) is 17.5 Å². The monoisotopic (exact) mass is 316 g/mol. The van der Waals surface area contributed by atoms with Crippen molar-refractivity contribution in [2.45, 2.75) is 23.5 Å². The third-order valence-corrected chi connectivity index (χ3v) is 4.78. The van der Waals surface area contributed by atoms with E-state index in [9.17, 15) is 9.18 Å². The van der Waals surface area contributed by atoms with Crippen molar-refractivity contribution in [1.82, 2.24) is 0 Å². The molecule has 3 rings (SSSR count). The maximum absolute atomic E-state index is 13.3. The van der Waals surface area contributed by atoms with E-state index in [4.69, 9.17) is 4.74 Å². The van der Waals surface area contributed by atoms with E-state index in [1.165, 1.54) is 12.1 Å². The third kappa shape index (κ3) is 3.50. The Morgan fingerprint density at radius 2 is 1.95 bits per heavy atom. The number of thioether (sulfide) groups is 1. The summed E-state index contributed by atoms with van der Waals surface area (Å²) in [6, 6.07) is 12.2. The molecular weight excluding hydrogens is 299 g/mol. The summed E-state index contributed by atoms with van der Waals surface area (Å²) >= 11 is 1.60. The first-order valence-corrected chi connectivity index (χ1v) is 8.25. The number of benzene rings is 2. The molecule has 0 aromatic heterocycles. The van der Waals surface area contributed by atoms with Gasteiger partial charge in [-0.2, -0.15) is 0 Å². The fourth-order valence-corrected chi connectivity index (χ4v) is 3.19. The Morgan fingerprint density at radius 3 is 2.59 bits per heavy atom. The zero-order chi connectivity index (χ0) is 15.5. The summed E-state index contributed by atoms with van der Waals surface area (Å²) < 4.78 is 18.6. The highest BCUT2D eigenvalue weighted by Crippen LogP contribution is 2.33. The van der Waals surface area contributed by atoms with Crippen LogP contribution >= 0.6 is 11.8 Å². The number of Topliss-reactive ketones (excluding diaryl/α,β-unsaturated/α-hetero) is 1. The van der Waals surface area contributed by atoms with E-state index < -0.39 is 0 Å². The van der Waals surface area contributed by atoms with E-state index in [1.807, 2.05) is 24.3 Å². The van der Waals surface area contributed by atoms with Crippen LogP contribution in [-0.4, -0.2) is 12.9 Å². The first kappa shape index (κ1) is 15.1. The standard InChI is InChI=1S/C18H17FO2S/c1-21-17-9-6-15(19)10-14(17)11-22-16-7-4-13(5-8-16)18(20)12-2-3-12/h4-10,12H,2-3,11H2,1H3. The van der Waals surface area contributed by atoms with Crippen LogP contribution in [0.25, 0.3) is 0 Å². The van der Waals surface area contributed by atoms with Crippen LogP contribution in [0.4, 0.5) is 4.39 Å². The molecule has 0 amide bonds. The topological polar surface area (TPSA) is 26.3 Å². The lowest BCUT2D eigenvalue weighted by Crippen LogP contribution is -2.00. The summed E-state index contributed by atoms with van der Waals surface area (Å²) in [4.78, 5) is 13.0. The van der Waals surface area contributed by atoms with Crippen molar-refractivity contribution in [2.24, 2.45) is 5.92 Å². The van der Waals surface area contributed by atoms with Gasteiger partial charge in [0.1, 0.15) is 11.6 Å². The van der Waals surface area contributed by atoms with Crippen LogP contribution < -0.4 is 4.74 Å². The minimum absolute atomic E-state index is 0.245. The van der Waals surface area contributed by atoms with Gasteiger partial charge < -0.3 is 4.74 Å². The van der Waals surface area contributed by atoms with Crippen molar-refractivity contribution in [3.63, 3.8) is 0 Å². The fraction of sp³-hybridized carbons (Fsp3) is 0.278. The molecule has 1 aliphatic rings. The van der Waals surface area contributed by atoms with Crippen LogP contribution in [-0.2, 0) is 5.75 Å². The highest BCUT2D eigenvalue weighted by atomic mass is 32.2. The second-order valence-corrected chi connectivity index (χ2v) is 6.46. The quantitative estimate of drug-likeness (QED) is 0.570. The summed E-state index contributed by atoms with van der Waals surface area (Å²) in [6.45, 7) is 0. The number of hydrogen-bond acceptors (Lipinski definition) is 3. The van der Waals surface area contributed by atoms with E-state index in [0.717, 1.165) is 28.9 Å². The Morgan fingerprint density at radius 1 is 1.23 bits per heavy atom. The molecule has 0 heterocycles. The first-order valence-electron chi connectivity index (χ1n) is 7.27. The van der Waals surface area contributed by atoms with Gasteiger partial charge in [0, 0.05) is 27.7 Å². The molecule has 0 unspecified atom stereocenters. The molecule has 114 valence electrons. The van der Waals surface area contributed by atoms with Gasteiger partial charge in [-0.15, -0.1) is 11.8 Å². The Bertz CT molecular complexity index is 678. The molecular formula is C18H17FO2S. The minimum atomic E-state index is -0.262. The zero-order valence-corrected chi connectivity index (χ0v) is 13.2. The largest absolute Gasteiger partial charge is 0.496 e. The van der Waals surface area contributed by atoms with Gasteiger partial charge in [-0.3, -0.25) is 4.79 Å². The molecule has 0 bridgehead atoms. The summed E-state index contributed by atoms with van der Waals surface area (Å²) in [6.07, 6.45) is 2.05. The molecule has 1 fully saturated rings. The van der Waals surface area contributed by atoms with Crippen LogP contribution in [0.3, 0.4) is 0 Å².